The van der Waals surface area contributed by atoms with Gasteiger partial charge in [-0.05, 0) is 37.0 Å². The second-order valence-corrected chi connectivity index (χ2v) is 4.04. The fourth-order valence-electron chi connectivity index (χ4n) is 1.48. The summed E-state index contributed by atoms with van der Waals surface area (Å²) in [5.41, 5.74) is 8.12. The van der Waals surface area contributed by atoms with E-state index in [-0.39, 0.29) is 5.91 Å². The average Bonchev–Trinajstić information content (AvgIpc) is 2.28. The van der Waals surface area contributed by atoms with Crippen LogP contribution in [0.3, 0.4) is 0 Å². The molecule has 0 aliphatic rings. The molecule has 0 radical (unpaired) electrons. The molecule has 2 heteroatoms. The molecule has 0 saturated carbocycles. The van der Waals surface area contributed by atoms with Crippen LogP contribution in [0, 0.1) is 0 Å². The summed E-state index contributed by atoms with van der Waals surface area (Å²) in [5, 5.41) is 0. The van der Waals surface area contributed by atoms with Crippen molar-refractivity contribution >= 4 is 12.0 Å². The van der Waals surface area contributed by atoms with Gasteiger partial charge in [0, 0.05) is 5.57 Å². The zero-order chi connectivity index (χ0) is 12.0. The van der Waals surface area contributed by atoms with Crippen molar-refractivity contribution in [1.82, 2.24) is 0 Å². The highest BCUT2D eigenvalue weighted by atomic mass is 16.1. The maximum Gasteiger partial charge on any atom is 0.244 e. The van der Waals surface area contributed by atoms with Crippen LogP contribution < -0.4 is 5.73 Å². The van der Waals surface area contributed by atoms with Gasteiger partial charge in [-0.1, -0.05) is 37.6 Å². The Hall–Kier alpha value is -1.57. The molecule has 0 aliphatic carbocycles. The predicted molar refractivity (Wildman–Crippen MR) is 67.9 cm³/mol. The van der Waals surface area contributed by atoms with Crippen LogP contribution in [0.1, 0.15) is 37.8 Å². The van der Waals surface area contributed by atoms with Crippen molar-refractivity contribution in [1.29, 1.82) is 0 Å². The van der Waals surface area contributed by atoms with Crippen LogP contribution in [0.5, 0.6) is 0 Å². The lowest BCUT2D eigenvalue weighted by Crippen LogP contribution is -2.11. The zero-order valence-electron chi connectivity index (χ0n) is 9.99. The van der Waals surface area contributed by atoms with Gasteiger partial charge in [0.05, 0.1) is 0 Å². The van der Waals surface area contributed by atoms with Gasteiger partial charge in [-0.25, -0.2) is 0 Å². The molecule has 2 N–H and O–H groups in total. The number of unbranched alkanes of at least 4 members (excludes halogenated alkanes) is 1. The molecule has 0 aliphatic heterocycles. The SMILES string of the molecule is CCCCc1ccc(/C=C(\C)C(N)=O)cc1. The van der Waals surface area contributed by atoms with Crippen LogP contribution in [-0.2, 0) is 11.2 Å². The van der Waals surface area contributed by atoms with Gasteiger partial charge in [0.2, 0.25) is 5.91 Å². The number of rotatable bonds is 5. The molecule has 0 atom stereocenters. The maximum atomic E-state index is 10.9. The molecule has 1 aromatic carbocycles. The lowest BCUT2D eigenvalue weighted by atomic mass is 10.1. The first-order valence-electron chi connectivity index (χ1n) is 5.70. The highest BCUT2D eigenvalue weighted by Gasteiger charge is 1.97. The van der Waals surface area contributed by atoms with Gasteiger partial charge >= 0.3 is 0 Å². The van der Waals surface area contributed by atoms with Gasteiger partial charge in [0.15, 0.2) is 0 Å². The molecule has 1 aromatic rings. The van der Waals surface area contributed by atoms with E-state index in [0.717, 1.165) is 12.0 Å². The van der Waals surface area contributed by atoms with Crippen molar-refractivity contribution < 1.29 is 4.79 Å². The van der Waals surface area contributed by atoms with Gasteiger partial charge in [0.1, 0.15) is 0 Å². The van der Waals surface area contributed by atoms with E-state index in [9.17, 15) is 4.79 Å². The van der Waals surface area contributed by atoms with Gasteiger partial charge in [0.25, 0.3) is 0 Å². The first-order valence-corrected chi connectivity index (χ1v) is 5.70. The van der Waals surface area contributed by atoms with E-state index < -0.39 is 0 Å². The number of amides is 1. The number of primary amides is 1. The lowest BCUT2D eigenvalue weighted by molar-refractivity contribution is -0.114. The zero-order valence-corrected chi connectivity index (χ0v) is 9.99. The van der Waals surface area contributed by atoms with Crippen molar-refractivity contribution in [2.45, 2.75) is 33.1 Å². The van der Waals surface area contributed by atoms with Gasteiger partial charge in [-0.3, -0.25) is 4.79 Å². The van der Waals surface area contributed by atoms with Crippen molar-refractivity contribution in [3.05, 3.63) is 41.0 Å². The quantitative estimate of drug-likeness (QED) is 0.757. The van der Waals surface area contributed by atoms with Gasteiger partial charge in [-0.15, -0.1) is 0 Å². The maximum absolute atomic E-state index is 10.9. The van der Waals surface area contributed by atoms with Crippen LogP contribution >= 0.6 is 0 Å². The van der Waals surface area contributed by atoms with Crippen LogP contribution in [0.2, 0.25) is 0 Å². The normalized spacial score (nSPS) is 11.5. The smallest absolute Gasteiger partial charge is 0.244 e. The number of benzene rings is 1. The van der Waals surface area contributed by atoms with Crippen LogP contribution in [0.25, 0.3) is 6.08 Å². The minimum Gasteiger partial charge on any atom is -0.366 e. The highest BCUT2D eigenvalue weighted by molar-refractivity contribution is 5.95. The van der Waals surface area contributed by atoms with Crippen LogP contribution in [0.4, 0.5) is 0 Å². The van der Waals surface area contributed by atoms with E-state index >= 15 is 0 Å². The van der Waals surface area contributed by atoms with E-state index in [1.807, 2.05) is 18.2 Å². The Morgan fingerprint density at radius 1 is 1.31 bits per heavy atom. The summed E-state index contributed by atoms with van der Waals surface area (Å²) in [5.74, 6) is -0.366. The van der Waals surface area contributed by atoms with Crippen molar-refractivity contribution in [2.24, 2.45) is 5.73 Å². The molecule has 1 amide bonds. The minimum absolute atomic E-state index is 0.366. The molecule has 16 heavy (non-hydrogen) atoms. The Morgan fingerprint density at radius 3 is 2.44 bits per heavy atom. The molecule has 0 aromatic heterocycles. The van der Waals surface area contributed by atoms with E-state index in [2.05, 4.69) is 19.1 Å². The number of carbonyl (C=O) groups excluding carboxylic acids is 1. The third-order valence-corrected chi connectivity index (χ3v) is 2.57. The molecule has 0 bridgehead atoms. The van der Waals surface area contributed by atoms with Crippen molar-refractivity contribution in [3.8, 4) is 0 Å². The Labute approximate surface area is 97.2 Å². The van der Waals surface area contributed by atoms with E-state index in [1.165, 1.54) is 18.4 Å². The standard InChI is InChI=1S/C14H19NO/c1-3-4-5-12-6-8-13(9-7-12)10-11(2)14(15)16/h6-10H,3-5H2,1-2H3,(H2,15,16)/b11-10+. The number of hydrogen-bond donors (Lipinski definition) is 1. The first-order chi connectivity index (χ1) is 7.63. The van der Waals surface area contributed by atoms with E-state index in [0.29, 0.717) is 5.57 Å². The first kappa shape index (κ1) is 12.5. The third kappa shape index (κ3) is 3.89. The Morgan fingerprint density at radius 2 is 1.94 bits per heavy atom. The summed E-state index contributed by atoms with van der Waals surface area (Å²) < 4.78 is 0. The Bertz CT molecular complexity index is 376. The number of hydrogen-bond acceptors (Lipinski definition) is 1. The van der Waals surface area contributed by atoms with Crippen LogP contribution in [0.15, 0.2) is 29.8 Å². The summed E-state index contributed by atoms with van der Waals surface area (Å²) in [6.07, 6.45) is 5.36. The van der Waals surface area contributed by atoms with Gasteiger partial charge in [-0.2, -0.15) is 0 Å². The predicted octanol–water partition coefficient (Wildman–Crippen LogP) is 2.92. The molecule has 0 saturated heterocycles. The fraction of sp³-hybridized carbons (Fsp3) is 0.357. The molecule has 0 spiro atoms. The second kappa shape index (κ2) is 6.11. The average molecular weight is 217 g/mol. The number of aryl methyl sites for hydroxylation is 1. The lowest BCUT2D eigenvalue weighted by Gasteiger charge is -2.01. The van der Waals surface area contributed by atoms with Crippen molar-refractivity contribution in [2.75, 3.05) is 0 Å². The molecule has 1 rings (SSSR count). The van der Waals surface area contributed by atoms with Gasteiger partial charge < -0.3 is 5.73 Å². The summed E-state index contributed by atoms with van der Waals surface area (Å²) in [7, 11) is 0. The molecule has 0 fully saturated rings. The second-order valence-electron chi connectivity index (χ2n) is 4.04. The Balaban J connectivity index is 2.71. The highest BCUT2D eigenvalue weighted by Crippen LogP contribution is 2.10. The molecule has 0 heterocycles. The minimum atomic E-state index is -0.366. The topological polar surface area (TPSA) is 43.1 Å². The van der Waals surface area contributed by atoms with Crippen molar-refractivity contribution in [3.63, 3.8) is 0 Å². The van der Waals surface area contributed by atoms with E-state index in [4.69, 9.17) is 5.73 Å². The fourth-order valence-corrected chi connectivity index (χ4v) is 1.48. The molecule has 2 nitrogen and oxygen atoms in total. The third-order valence-electron chi connectivity index (χ3n) is 2.57. The Kier molecular flexibility index (Phi) is 4.77. The summed E-state index contributed by atoms with van der Waals surface area (Å²) >= 11 is 0. The largest absolute Gasteiger partial charge is 0.366 e. The van der Waals surface area contributed by atoms with E-state index in [1.54, 1.807) is 6.92 Å². The van der Waals surface area contributed by atoms with Crippen LogP contribution in [-0.4, -0.2) is 5.91 Å². The molecule has 0 unspecified atom stereocenters. The monoisotopic (exact) mass is 217 g/mol. The molecular formula is C14H19NO. The summed E-state index contributed by atoms with van der Waals surface area (Å²) in [4.78, 5) is 10.9. The number of carbonyl (C=O) groups is 1. The molecule has 86 valence electrons. The summed E-state index contributed by atoms with van der Waals surface area (Å²) in [6.45, 7) is 3.92. The molecular weight excluding hydrogens is 198 g/mol. The summed E-state index contributed by atoms with van der Waals surface area (Å²) in [6, 6.07) is 8.26. The number of nitrogens with two attached hydrogens (primary N) is 1.